The number of benzene rings is 4. The third-order valence-corrected chi connectivity index (χ3v) is 9.49. The molecule has 0 radical (unpaired) electrons. The Morgan fingerprint density at radius 3 is 2.42 bits per heavy atom. The molecular weight excluding hydrogens is 628 g/mol. The van der Waals surface area contributed by atoms with Gasteiger partial charge >= 0.3 is 0 Å². The van der Waals surface area contributed by atoms with E-state index >= 15 is 0 Å². The summed E-state index contributed by atoms with van der Waals surface area (Å²) in [6.07, 6.45) is 2.25. The molecule has 10 heteroatoms. The van der Waals surface area contributed by atoms with E-state index in [1.54, 1.807) is 0 Å². The molecule has 246 valence electrons. The maximum Gasteiger partial charge on any atom is 0.275 e. The molecule has 5 aromatic rings. The van der Waals surface area contributed by atoms with E-state index in [2.05, 4.69) is 20.2 Å². The molecule has 0 bridgehead atoms. The average Bonchev–Trinajstić information content (AvgIpc) is 3.12. The van der Waals surface area contributed by atoms with Crippen molar-refractivity contribution in [2.45, 2.75) is 50.0 Å². The van der Waals surface area contributed by atoms with E-state index in [0.29, 0.717) is 42.0 Å². The number of aliphatic hydroxyl groups is 2. The van der Waals surface area contributed by atoms with Crippen LogP contribution in [0.4, 0.5) is 5.69 Å². The van der Waals surface area contributed by atoms with Crippen molar-refractivity contribution in [3.63, 3.8) is 0 Å². The maximum absolute atomic E-state index is 13.1. The number of hydrogen-bond acceptors (Lipinski definition) is 8. The minimum atomic E-state index is -0.888. The molecule has 2 saturated heterocycles. The lowest BCUT2D eigenvalue weighted by molar-refractivity contribution is -0.253. The fraction of sp³-hybridized carbons (Fsp3) is 0.289. The zero-order chi connectivity index (χ0) is 33.1. The summed E-state index contributed by atoms with van der Waals surface area (Å²) in [6, 6.07) is 30.1. The van der Waals surface area contributed by atoms with Crippen LogP contribution < -0.4 is 5.32 Å². The monoisotopic (exact) mass is 664 g/mol. The molecule has 1 aromatic heterocycles. The molecule has 4 aromatic carbocycles. The summed E-state index contributed by atoms with van der Waals surface area (Å²) in [5.41, 5.74) is 4.79. The molecule has 2 aliphatic rings. The zero-order valence-electron chi connectivity index (χ0n) is 26.3. The molecule has 7 rings (SSSR count). The van der Waals surface area contributed by atoms with Gasteiger partial charge in [0.2, 0.25) is 0 Å². The SMILES string of the molecule is O=C(Nc1cccc([C@H]2O[C@@H](CN3CCC(O)(c4ccc(Cl)cc4)CC3)C[C@@H](c3ccc(CO)cc3)O2)c1)c1cnc2ccccc2n1. The van der Waals surface area contributed by atoms with Crippen LogP contribution >= 0.6 is 11.6 Å². The second kappa shape index (κ2) is 14.1. The molecule has 1 amide bonds. The summed E-state index contributed by atoms with van der Waals surface area (Å²) in [7, 11) is 0. The highest BCUT2D eigenvalue weighted by atomic mass is 35.5. The first kappa shape index (κ1) is 32.3. The van der Waals surface area contributed by atoms with E-state index in [1.807, 2.05) is 97.1 Å². The smallest absolute Gasteiger partial charge is 0.275 e. The first-order valence-electron chi connectivity index (χ1n) is 16.2. The Kier molecular flexibility index (Phi) is 9.50. The number of ether oxygens (including phenoxy) is 2. The third-order valence-electron chi connectivity index (χ3n) is 9.24. The number of likely N-dealkylation sites (tertiary alicyclic amines) is 1. The highest BCUT2D eigenvalue weighted by molar-refractivity contribution is 6.30. The maximum atomic E-state index is 13.1. The number of rotatable bonds is 8. The number of nitrogens with zero attached hydrogens (tertiary/aromatic N) is 3. The van der Waals surface area contributed by atoms with Crippen molar-refractivity contribution in [2.24, 2.45) is 0 Å². The Bertz CT molecular complexity index is 1880. The van der Waals surface area contributed by atoms with Gasteiger partial charge in [0.25, 0.3) is 5.91 Å². The molecule has 0 saturated carbocycles. The molecule has 2 fully saturated rings. The first-order chi connectivity index (χ1) is 23.3. The van der Waals surface area contributed by atoms with Gasteiger partial charge in [-0.25, -0.2) is 4.98 Å². The molecular formula is C38H37ClN4O5. The van der Waals surface area contributed by atoms with E-state index in [9.17, 15) is 15.0 Å². The van der Waals surface area contributed by atoms with Crippen LogP contribution in [0.2, 0.25) is 5.02 Å². The number of para-hydroxylation sites is 2. The third kappa shape index (κ3) is 7.27. The fourth-order valence-electron chi connectivity index (χ4n) is 6.50. The van der Waals surface area contributed by atoms with E-state index in [-0.39, 0.29) is 30.4 Å². The predicted molar refractivity (Wildman–Crippen MR) is 183 cm³/mol. The molecule has 0 aliphatic carbocycles. The second-order valence-electron chi connectivity index (χ2n) is 12.5. The van der Waals surface area contributed by atoms with Gasteiger partial charge in [-0.05, 0) is 65.9 Å². The van der Waals surface area contributed by atoms with E-state index < -0.39 is 11.9 Å². The summed E-state index contributed by atoms with van der Waals surface area (Å²) in [5.74, 6) is -0.362. The van der Waals surface area contributed by atoms with Gasteiger partial charge in [-0.15, -0.1) is 0 Å². The lowest BCUT2D eigenvalue weighted by Crippen LogP contribution is -2.46. The van der Waals surface area contributed by atoms with E-state index in [1.165, 1.54) is 6.20 Å². The average molecular weight is 665 g/mol. The number of carbonyl (C=O) groups excluding carboxylic acids is 1. The second-order valence-corrected chi connectivity index (χ2v) is 12.9. The molecule has 48 heavy (non-hydrogen) atoms. The van der Waals surface area contributed by atoms with E-state index in [4.69, 9.17) is 21.1 Å². The summed E-state index contributed by atoms with van der Waals surface area (Å²) in [5, 5.41) is 24.6. The number of carbonyl (C=O) groups is 1. The summed E-state index contributed by atoms with van der Waals surface area (Å²) >= 11 is 6.08. The topological polar surface area (TPSA) is 117 Å². The highest BCUT2D eigenvalue weighted by Gasteiger charge is 2.37. The van der Waals surface area contributed by atoms with E-state index in [0.717, 1.165) is 40.9 Å². The number of piperidine rings is 1. The molecule has 0 unspecified atom stereocenters. The van der Waals surface area contributed by atoms with Gasteiger partial charge < -0.3 is 29.9 Å². The number of aromatic nitrogens is 2. The van der Waals surface area contributed by atoms with Crippen molar-refractivity contribution in [2.75, 3.05) is 25.0 Å². The van der Waals surface area contributed by atoms with Crippen LogP contribution in [-0.4, -0.2) is 56.7 Å². The number of fused-ring (bicyclic) bond motifs is 1. The van der Waals surface area contributed by atoms with Gasteiger partial charge in [0.1, 0.15) is 5.69 Å². The molecule has 0 spiro atoms. The Balaban J connectivity index is 1.07. The number of halogens is 1. The number of anilines is 1. The lowest BCUT2D eigenvalue weighted by Gasteiger charge is -2.42. The van der Waals surface area contributed by atoms with Crippen LogP contribution in [-0.2, 0) is 21.7 Å². The van der Waals surface area contributed by atoms with Gasteiger partial charge in [-0.2, -0.15) is 0 Å². The summed E-state index contributed by atoms with van der Waals surface area (Å²) < 4.78 is 13.2. The number of nitrogens with one attached hydrogen (secondary N) is 1. The Morgan fingerprint density at radius 2 is 1.67 bits per heavy atom. The van der Waals surface area contributed by atoms with Crippen molar-refractivity contribution in [3.8, 4) is 0 Å². The van der Waals surface area contributed by atoms with Gasteiger partial charge in [-0.3, -0.25) is 9.78 Å². The molecule has 2 aliphatic heterocycles. The molecule has 3 atom stereocenters. The Hall–Kier alpha value is -4.22. The van der Waals surface area contributed by atoms with Gasteiger partial charge in [-0.1, -0.05) is 72.3 Å². The standard InChI is InChI=1S/C38H37ClN4O5/c39-29-14-12-28(13-15-29)38(46)16-18-43(19-17-38)23-31-21-35(26-10-8-25(24-44)9-11-26)48-37(47-31)27-4-3-5-30(20-27)41-36(45)34-22-40-32-6-1-2-7-33(32)42-34/h1-15,20,22,31,35,37,44,46H,16-19,21,23-24H2,(H,41,45)/t31-,35+,37+/m1/s1. The van der Waals surface area contributed by atoms with Crippen molar-refractivity contribution in [1.29, 1.82) is 0 Å². The molecule has 3 heterocycles. The minimum absolute atomic E-state index is 0.0270. The van der Waals surface area contributed by atoms with Crippen molar-refractivity contribution < 1.29 is 24.5 Å². The fourth-order valence-corrected chi connectivity index (χ4v) is 6.63. The first-order valence-corrected chi connectivity index (χ1v) is 16.6. The summed E-state index contributed by atoms with van der Waals surface area (Å²) in [4.78, 5) is 24.3. The van der Waals surface area contributed by atoms with Crippen LogP contribution in [0.1, 0.15) is 64.4 Å². The van der Waals surface area contributed by atoms with Crippen LogP contribution in [0.5, 0.6) is 0 Å². The van der Waals surface area contributed by atoms with Crippen LogP contribution in [0, 0.1) is 0 Å². The van der Waals surface area contributed by atoms with Crippen molar-refractivity contribution >= 4 is 34.2 Å². The minimum Gasteiger partial charge on any atom is -0.392 e. The van der Waals surface area contributed by atoms with Gasteiger partial charge in [0.15, 0.2) is 6.29 Å². The Labute approximate surface area is 284 Å². The highest BCUT2D eigenvalue weighted by Crippen LogP contribution is 2.40. The van der Waals surface area contributed by atoms with Crippen molar-refractivity contribution in [1.82, 2.24) is 14.9 Å². The number of aliphatic hydroxyl groups excluding tert-OH is 1. The van der Waals surface area contributed by atoms with Gasteiger partial charge in [0, 0.05) is 42.3 Å². The summed E-state index contributed by atoms with van der Waals surface area (Å²) in [6.45, 7) is 2.10. The number of amides is 1. The quantitative estimate of drug-likeness (QED) is 0.171. The van der Waals surface area contributed by atoms with Crippen LogP contribution in [0.3, 0.4) is 0 Å². The lowest BCUT2D eigenvalue weighted by atomic mass is 9.84. The number of hydrogen-bond donors (Lipinski definition) is 3. The van der Waals surface area contributed by atoms with Crippen LogP contribution in [0.25, 0.3) is 11.0 Å². The molecule has 3 N–H and O–H groups in total. The van der Waals surface area contributed by atoms with Gasteiger partial charge in [0.05, 0.1) is 41.6 Å². The predicted octanol–water partition coefficient (Wildman–Crippen LogP) is 6.56. The zero-order valence-corrected chi connectivity index (χ0v) is 27.1. The van der Waals surface area contributed by atoms with Crippen LogP contribution in [0.15, 0.2) is 103 Å². The Morgan fingerprint density at radius 1 is 0.917 bits per heavy atom. The normalized spacial score (nSPS) is 21.2. The van der Waals surface area contributed by atoms with Crippen molar-refractivity contribution in [3.05, 3.63) is 136 Å². The molecule has 9 nitrogen and oxygen atoms in total. The largest absolute Gasteiger partial charge is 0.392 e.